The van der Waals surface area contributed by atoms with Gasteiger partial charge in [-0.05, 0) is 24.1 Å². The molecule has 1 heterocycles. The third-order valence-electron chi connectivity index (χ3n) is 2.60. The van der Waals surface area contributed by atoms with Gasteiger partial charge in [0, 0.05) is 19.2 Å². The number of halogens is 1. The van der Waals surface area contributed by atoms with Crippen molar-refractivity contribution in [3.8, 4) is 0 Å². The maximum absolute atomic E-state index is 10.9. The topological polar surface area (TPSA) is 66.9 Å². The first-order valence-electron chi connectivity index (χ1n) is 6.21. The molecule has 0 atom stereocenters. The van der Waals surface area contributed by atoms with Gasteiger partial charge < -0.3 is 10.6 Å². The van der Waals surface area contributed by atoms with E-state index in [1.54, 1.807) is 6.20 Å². The fraction of sp³-hybridized carbons (Fsp3) is 0.214. The molecule has 0 radical (unpaired) electrons. The quantitative estimate of drug-likeness (QED) is 0.888. The third-order valence-corrected chi connectivity index (χ3v) is 2.78. The van der Waals surface area contributed by atoms with Gasteiger partial charge in [-0.3, -0.25) is 9.78 Å². The molecule has 5 nitrogen and oxygen atoms in total. The van der Waals surface area contributed by atoms with Gasteiger partial charge in [-0.15, -0.1) is 0 Å². The molecule has 0 bridgehead atoms. The largest absolute Gasteiger partial charge is 0.368 e. The molecule has 0 saturated carbocycles. The van der Waals surface area contributed by atoms with Gasteiger partial charge in [0.2, 0.25) is 5.91 Å². The van der Waals surface area contributed by atoms with Crippen molar-refractivity contribution in [3.63, 3.8) is 0 Å². The Labute approximate surface area is 122 Å². The van der Waals surface area contributed by atoms with Crippen molar-refractivity contribution in [1.29, 1.82) is 0 Å². The summed E-state index contributed by atoms with van der Waals surface area (Å²) in [6.45, 7) is 2.22. The number of nitrogens with one attached hydrogen (secondary N) is 2. The molecule has 104 valence electrons. The lowest BCUT2D eigenvalue weighted by Crippen LogP contribution is -2.07. The Bertz CT molecular complexity index is 586. The Hall–Kier alpha value is -2.14. The lowest BCUT2D eigenvalue weighted by Gasteiger charge is -2.06. The summed E-state index contributed by atoms with van der Waals surface area (Å²) in [7, 11) is 0. The van der Waals surface area contributed by atoms with Gasteiger partial charge in [0.25, 0.3) is 0 Å². The first-order valence-corrected chi connectivity index (χ1v) is 6.59. The van der Waals surface area contributed by atoms with Crippen LogP contribution in [-0.4, -0.2) is 22.4 Å². The molecule has 0 fully saturated rings. The van der Waals surface area contributed by atoms with E-state index in [1.165, 1.54) is 18.7 Å². The highest BCUT2D eigenvalue weighted by Crippen LogP contribution is 2.11. The van der Waals surface area contributed by atoms with Crippen LogP contribution in [0.4, 0.5) is 11.5 Å². The summed E-state index contributed by atoms with van der Waals surface area (Å²) in [5, 5.41) is 6.26. The number of aromatic nitrogens is 2. The number of amides is 1. The zero-order valence-electron chi connectivity index (χ0n) is 11.1. The lowest BCUT2D eigenvalue weighted by molar-refractivity contribution is -0.114. The normalized spacial score (nSPS) is 10.1. The molecular formula is C14H15ClN4O. The summed E-state index contributed by atoms with van der Waals surface area (Å²) < 4.78 is 0. The van der Waals surface area contributed by atoms with Crippen molar-refractivity contribution in [2.45, 2.75) is 13.3 Å². The van der Waals surface area contributed by atoms with E-state index in [0.29, 0.717) is 11.0 Å². The van der Waals surface area contributed by atoms with Crippen LogP contribution >= 0.6 is 11.6 Å². The number of nitrogens with zero attached hydrogens (tertiary/aromatic N) is 2. The molecule has 0 aliphatic carbocycles. The average molecular weight is 291 g/mol. The number of carbonyl (C=O) groups is 1. The van der Waals surface area contributed by atoms with Crippen LogP contribution in [-0.2, 0) is 11.2 Å². The SMILES string of the molecule is CC(=O)Nc1ccc(CCNc2cncc(Cl)n2)cc1. The molecule has 20 heavy (non-hydrogen) atoms. The Morgan fingerprint density at radius 3 is 2.65 bits per heavy atom. The smallest absolute Gasteiger partial charge is 0.221 e. The van der Waals surface area contributed by atoms with Crippen LogP contribution < -0.4 is 10.6 Å². The predicted octanol–water partition coefficient (Wildman–Crippen LogP) is 2.74. The van der Waals surface area contributed by atoms with Gasteiger partial charge >= 0.3 is 0 Å². The van der Waals surface area contributed by atoms with Crippen molar-refractivity contribution in [3.05, 3.63) is 47.4 Å². The fourth-order valence-electron chi connectivity index (χ4n) is 1.72. The summed E-state index contributed by atoms with van der Waals surface area (Å²) in [5.41, 5.74) is 1.97. The van der Waals surface area contributed by atoms with Crippen molar-refractivity contribution in [1.82, 2.24) is 9.97 Å². The molecule has 0 unspecified atom stereocenters. The number of benzene rings is 1. The van der Waals surface area contributed by atoms with Gasteiger partial charge in [-0.25, -0.2) is 4.98 Å². The monoisotopic (exact) mass is 290 g/mol. The molecule has 1 amide bonds. The maximum Gasteiger partial charge on any atom is 0.221 e. The van der Waals surface area contributed by atoms with E-state index >= 15 is 0 Å². The van der Waals surface area contributed by atoms with Crippen molar-refractivity contribution in [2.24, 2.45) is 0 Å². The number of hydrogen-bond donors (Lipinski definition) is 2. The summed E-state index contributed by atoms with van der Waals surface area (Å²) in [6, 6.07) is 7.74. The van der Waals surface area contributed by atoms with Gasteiger partial charge in [0.05, 0.1) is 12.4 Å². The Balaban J connectivity index is 1.83. The molecule has 0 spiro atoms. The highest BCUT2D eigenvalue weighted by atomic mass is 35.5. The van der Waals surface area contributed by atoms with Crippen LogP contribution in [0.5, 0.6) is 0 Å². The van der Waals surface area contributed by atoms with E-state index in [-0.39, 0.29) is 5.91 Å². The second kappa shape index (κ2) is 6.86. The van der Waals surface area contributed by atoms with Gasteiger partial charge in [0.1, 0.15) is 11.0 Å². The first kappa shape index (κ1) is 14.3. The number of rotatable bonds is 5. The minimum atomic E-state index is -0.0704. The second-order valence-electron chi connectivity index (χ2n) is 4.28. The number of carbonyl (C=O) groups excluding carboxylic acids is 1. The second-order valence-corrected chi connectivity index (χ2v) is 4.67. The zero-order valence-corrected chi connectivity index (χ0v) is 11.8. The average Bonchev–Trinajstić information content (AvgIpc) is 2.40. The summed E-state index contributed by atoms with van der Waals surface area (Å²) >= 11 is 5.75. The first-order chi connectivity index (χ1) is 9.63. The molecule has 2 aromatic rings. The van der Waals surface area contributed by atoms with E-state index in [4.69, 9.17) is 11.6 Å². The zero-order chi connectivity index (χ0) is 14.4. The van der Waals surface area contributed by atoms with Crippen LogP contribution in [0.1, 0.15) is 12.5 Å². The molecule has 0 saturated heterocycles. The maximum atomic E-state index is 10.9. The van der Waals surface area contributed by atoms with Crippen LogP contribution in [0.15, 0.2) is 36.7 Å². The highest BCUT2D eigenvalue weighted by molar-refractivity contribution is 6.29. The van der Waals surface area contributed by atoms with Gasteiger partial charge in [-0.2, -0.15) is 0 Å². The van der Waals surface area contributed by atoms with Crippen LogP contribution in [0.25, 0.3) is 0 Å². The molecule has 0 aliphatic rings. The Kier molecular flexibility index (Phi) is 4.90. The minimum Gasteiger partial charge on any atom is -0.368 e. The lowest BCUT2D eigenvalue weighted by atomic mass is 10.1. The van der Waals surface area contributed by atoms with Crippen molar-refractivity contribution < 1.29 is 4.79 Å². The molecule has 1 aromatic heterocycles. The predicted molar refractivity (Wildman–Crippen MR) is 80.0 cm³/mol. The molecule has 2 rings (SSSR count). The molecule has 6 heteroatoms. The van der Waals surface area contributed by atoms with E-state index in [1.807, 2.05) is 24.3 Å². The van der Waals surface area contributed by atoms with Crippen LogP contribution in [0.3, 0.4) is 0 Å². The molecule has 0 aliphatic heterocycles. The van der Waals surface area contributed by atoms with Crippen LogP contribution in [0, 0.1) is 0 Å². The molecule has 2 N–H and O–H groups in total. The Morgan fingerprint density at radius 1 is 1.25 bits per heavy atom. The van der Waals surface area contributed by atoms with E-state index in [0.717, 1.165) is 18.7 Å². The van der Waals surface area contributed by atoms with Crippen LogP contribution in [0.2, 0.25) is 5.15 Å². The Morgan fingerprint density at radius 2 is 2.00 bits per heavy atom. The molecular weight excluding hydrogens is 276 g/mol. The number of hydrogen-bond acceptors (Lipinski definition) is 4. The number of anilines is 2. The van der Waals surface area contributed by atoms with Gasteiger partial charge in [0.15, 0.2) is 0 Å². The summed E-state index contributed by atoms with van der Waals surface area (Å²) in [4.78, 5) is 19.0. The fourth-order valence-corrected chi connectivity index (χ4v) is 1.87. The standard InChI is InChI=1S/C14H15ClN4O/c1-10(20)18-12-4-2-11(3-5-12)6-7-17-14-9-16-8-13(15)19-14/h2-5,8-9H,6-7H2,1H3,(H,17,19)(H,18,20). The summed E-state index contributed by atoms with van der Waals surface area (Å²) in [5.74, 6) is 0.589. The summed E-state index contributed by atoms with van der Waals surface area (Å²) in [6.07, 6.45) is 3.97. The van der Waals surface area contributed by atoms with Crippen molar-refractivity contribution >= 4 is 29.0 Å². The molecule has 1 aromatic carbocycles. The van der Waals surface area contributed by atoms with E-state index < -0.39 is 0 Å². The van der Waals surface area contributed by atoms with Crippen molar-refractivity contribution in [2.75, 3.05) is 17.2 Å². The van der Waals surface area contributed by atoms with E-state index in [9.17, 15) is 4.79 Å². The third kappa shape index (κ3) is 4.51. The van der Waals surface area contributed by atoms with Gasteiger partial charge in [-0.1, -0.05) is 23.7 Å². The van der Waals surface area contributed by atoms with E-state index in [2.05, 4.69) is 20.6 Å². The minimum absolute atomic E-state index is 0.0704. The highest BCUT2D eigenvalue weighted by Gasteiger charge is 1.98.